The van der Waals surface area contributed by atoms with Crippen LogP contribution in [-0.4, -0.2) is 11.2 Å². The molecule has 0 aromatic heterocycles. The molecule has 92 valence electrons. The van der Waals surface area contributed by atoms with E-state index in [1.807, 2.05) is 13.8 Å². The minimum atomic E-state index is 0.359. The maximum absolute atomic E-state index is 10.2. The number of hydrogen-bond donors (Lipinski definition) is 1. The van der Waals surface area contributed by atoms with E-state index < -0.39 is 0 Å². The molecule has 0 spiro atoms. The van der Waals surface area contributed by atoms with Gasteiger partial charge in [-0.1, -0.05) is 6.42 Å². The lowest BCUT2D eigenvalue weighted by molar-refractivity contribution is 0.163. The normalized spacial score (nSPS) is 26.3. The Bertz CT molecular complexity index is 477. The average molecular weight is 232 g/mol. The molecule has 1 heterocycles. The molecule has 1 aromatic rings. The zero-order valence-electron chi connectivity index (χ0n) is 10.8. The van der Waals surface area contributed by atoms with Gasteiger partial charge in [0.15, 0.2) is 0 Å². The SMILES string of the molecule is Cc1c(C)c2c(c(C)c1O)[C@@H]1CCCC[C@@H]1O2. The first kappa shape index (κ1) is 10.9. The molecule has 17 heavy (non-hydrogen) atoms. The van der Waals surface area contributed by atoms with Crippen LogP contribution in [0.3, 0.4) is 0 Å². The number of fused-ring (bicyclic) bond motifs is 3. The molecule has 0 unspecified atom stereocenters. The second-order valence-electron chi connectivity index (χ2n) is 5.51. The van der Waals surface area contributed by atoms with Crippen LogP contribution in [-0.2, 0) is 0 Å². The fourth-order valence-electron chi connectivity index (χ4n) is 3.45. The molecule has 1 aromatic carbocycles. The van der Waals surface area contributed by atoms with E-state index in [1.165, 1.54) is 24.8 Å². The molecule has 1 aliphatic heterocycles. The molecule has 2 atom stereocenters. The zero-order chi connectivity index (χ0) is 12.2. The Morgan fingerprint density at radius 2 is 1.71 bits per heavy atom. The van der Waals surface area contributed by atoms with Crippen molar-refractivity contribution in [3.8, 4) is 11.5 Å². The van der Waals surface area contributed by atoms with E-state index in [0.29, 0.717) is 17.8 Å². The minimum Gasteiger partial charge on any atom is -0.507 e. The Labute approximate surface area is 103 Å². The third-order valence-corrected chi connectivity index (χ3v) is 4.60. The molecule has 0 radical (unpaired) electrons. The van der Waals surface area contributed by atoms with Crippen LogP contribution in [0.1, 0.15) is 53.9 Å². The number of rotatable bonds is 0. The van der Waals surface area contributed by atoms with Gasteiger partial charge in [-0.05, 0) is 56.7 Å². The van der Waals surface area contributed by atoms with Gasteiger partial charge in [-0.25, -0.2) is 0 Å². The zero-order valence-corrected chi connectivity index (χ0v) is 10.8. The van der Waals surface area contributed by atoms with Crippen molar-refractivity contribution in [1.82, 2.24) is 0 Å². The van der Waals surface area contributed by atoms with Crippen LogP contribution in [0.5, 0.6) is 11.5 Å². The molecule has 1 aliphatic carbocycles. The topological polar surface area (TPSA) is 29.5 Å². The maximum Gasteiger partial charge on any atom is 0.127 e. The monoisotopic (exact) mass is 232 g/mol. The second kappa shape index (κ2) is 3.66. The average Bonchev–Trinajstić information content (AvgIpc) is 2.73. The summed E-state index contributed by atoms with van der Waals surface area (Å²) in [5.74, 6) is 2.05. The summed E-state index contributed by atoms with van der Waals surface area (Å²) in [4.78, 5) is 0. The van der Waals surface area contributed by atoms with E-state index in [9.17, 15) is 5.11 Å². The summed E-state index contributed by atoms with van der Waals surface area (Å²) in [6.45, 7) is 6.06. The highest BCUT2D eigenvalue weighted by molar-refractivity contribution is 5.60. The van der Waals surface area contributed by atoms with E-state index in [4.69, 9.17) is 4.74 Å². The second-order valence-corrected chi connectivity index (χ2v) is 5.51. The van der Waals surface area contributed by atoms with Crippen LogP contribution in [0.15, 0.2) is 0 Å². The third kappa shape index (κ3) is 1.39. The first-order valence-corrected chi connectivity index (χ1v) is 6.60. The predicted octanol–water partition coefficient (Wildman–Crippen LogP) is 3.74. The summed E-state index contributed by atoms with van der Waals surface area (Å²) in [7, 11) is 0. The fraction of sp³-hybridized carbons (Fsp3) is 0.600. The first-order valence-electron chi connectivity index (χ1n) is 6.60. The van der Waals surface area contributed by atoms with Crippen molar-refractivity contribution < 1.29 is 9.84 Å². The van der Waals surface area contributed by atoms with E-state index in [-0.39, 0.29) is 0 Å². The molecule has 0 bridgehead atoms. The Balaban J connectivity index is 2.19. The lowest BCUT2D eigenvalue weighted by Gasteiger charge is -2.24. The molecule has 1 fully saturated rings. The molecular formula is C15H20O2. The Kier molecular flexibility index (Phi) is 2.35. The van der Waals surface area contributed by atoms with Gasteiger partial charge in [0, 0.05) is 11.5 Å². The quantitative estimate of drug-likeness (QED) is 0.738. The standard InChI is InChI=1S/C15H20O2/c1-8-9(2)15-13(10(3)14(8)16)11-6-4-5-7-12(11)17-15/h11-12,16H,4-7H2,1-3H3/t11-,12+/m1/s1. The Morgan fingerprint density at radius 1 is 1.00 bits per heavy atom. The maximum atomic E-state index is 10.2. The van der Waals surface area contributed by atoms with Gasteiger partial charge < -0.3 is 9.84 Å². The molecule has 1 N–H and O–H groups in total. The lowest BCUT2D eigenvalue weighted by atomic mass is 9.80. The van der Waals surface area contributed by atoms with Crippen LogP contribution in [0.2, 0.25) is 0 Å². The van der Waals surface area contributed by atoms with Crippen molar-refractivity contribution in [2.75, 3.05) is 0 Å². The van der Waals surface area contributed by atoms with Gasteiger partial charge in [0.2, 0.25) is 0 Å². The molecule has 3 rings (SSSR count). The van der Waals surface area contributed by atoms with Crippen molar-refractivity contribution >= 4 is 0 Å². The van der Waals surface area contributed by atoms with Gasteiger partial charge >= 0.3 is 0 Å². The lowest BCUT2D eigenvalue weighted by Crippen LogP contribution is -2.22. The molecule has 1 saturated carbocycles. The molecule has 2 aliphatic rings. The molecule has 0 amide bonds. The third-order valence-electron chi connectivity index (χ3n) is 4.60. The smallest absolute Gasteiger partial charge is 0.127 e. The highest BCUT2D eigenvalue weighted by Crippen LogP contribution is 2.51. The van der Waals surface area contributed by atoms with Crippen LogP contribution in [0.4, 0.5) is 0 Å². The van der Waals surface area contributed by atoms with Crippen LogP contribution in [0.25, 0.3) is 0 Å². The largest absolute Gasteiger partial charge is 0.507 e. The molecular weight excluding hydrogens is 212 g/mol. The molecule has 2 heteroatoms. The highest BCUT2D eigenvalue weighted by Gasteiger charge is 2.39. The number of ether oxygens (including phenoxy) is 1. The number of hydrogen-bond acceptors (Lipinski definition) is 2. The highest BCUT2D eigenvalue weighted by atomic mass is 16.5. The number of phenolic OH excluding ortho intramolecular Hbond substituents is 1. The summed E-state index contributed by atoms with van der Waals surface area (Å²) in [6, 6.07) is 0. The van der Waals surface area contributed by atoms with Crippen LogP contribution >= 0.6 is 0 Å². The first-order chi connectivity index (χ1) is 8.11. The van der Waals surface area contributed by atoms with Crippen molar-refractivity contribution in [1.29, 1.82) is 0 Å². The van der Waals surface area contributed by atoms with E-state index in [1.54, 1.807) is 0 Å². The summed E-state index contributed by atoms with van der Waals surface area (Å²) >= 11 is 0. The van der Waals surface area contributed by atoms with Crippen LogP contribution in [0, 0.1) is 20.8 Å². The summed E-state index contributed by atoms with van der Waals surface area (Å²) in [5.41, 5.74) is 4.42. The van der Waals surface area contributed by atoms with Crippen molar-refractivity contribution in [3.05, 3.63) is 22.3 Å². The van der Waals surface area contributed by atoms with Crippen molar-refractivity contribution in [2.45, 2.75) is 58.5 Å². The minimum absolute atomic E-state index is 0.359. The van der Waals surface area contributed by atoms with Crippen molar-refractivity contribution in [3.63, 3.8) is 0 Å². The van der Waals surface area contributed by atoms with Gasteiger partial charge in [-0.2, -0.15) is 0 Å². The van der Waals surface area contributed by atoms with Crippen molar-refractivity contribution in [2.24, 2.45) is 0 Å². The molecule has 0 saturated heterocycles. The van der Waals surface area contributed by atoms with E-state index in [2.05, 4.69) is 6.92 Å². The number of benzene rings is 1. The van der Waals surface area contributed by atoms with Crippen LogP contribution < -0.4 is 4.74 Å². The predicted molar refractivity (Wildman–Crippen MR) is 67.9 cm³/mol. The van der Waals surface area contributed by atoms with Gasteiger partial charge in [-0.3, -0.25) is 0 Å². The summed E-state index contributed by atoms with van der Waals surface area (Å²) in [6.07, 6.45) is 5.30. The van der Waals surface area contributed by atoms with Gasteiger partial charge in [0.25, 0.3) is 0 Å². The number of phenols is 1. The van der Waals surface area contributed by atoms with E-state index in [0.717, 1.165) is 28.9 Å². The molecule has 2 nitrogen and oxygen atoms in total. The summed E-state index contributed by atoms with van der Waals surface area (Å²) < 4.78 is 6.15. The fourth-order valence-corrected chi connectivity index (χ4v) is 3.45. The number of aromatic hydroxyl groups is 1. The van der Waals surface area contributed by atoms with Gasteiger partial charge in [0.05, 0.1) is 0 Å². The Hall–Kier alpha value is -1.18. The Morgan fingerprint density at radius 3 is 2.47 bits per heavy atom. The summed E-state index contributed by atoms with van der Waals surface area (Å²) in [5, 5.41) is 10.2. The van der Waals surface area contributed by atoms with Gasteiger partial charge in [0.1, 0.15) is 17.6 Å². The van der Waals surface area contributed by atoms with Gasteiger partial charge in [-0.15, -0.1) is 0 Å². The van der Waals surface area contributed by atoms with E-state index >= 15 is 0 Å².